The summed E-state index contributed by atoms with van der Waals surface area (Å²) in [5.41, 5.74) is 1.98. The molecule has 1 aromatic heterocycles. The molecule has 2 aliphatic heterocycles. The van der Waals surface area contributed by atoms with Gasteiger partial charge in [-0.3, -0.25) is 9.78 Å². The smallest absolute Gasteiger partial charge is 0.242 e. The SMILES string of the molecule is CC1(C(=O)N2CCc3ncccc3C2)CCCCN1. The van der Waals surface area contributed by atoms with Gasteiger partial charge in [0.25, 0.3) is 0 Å². The summed E-state index contributed by atoms with van der Waals surface area (Å²) in [5, 5.41) is 3.41. The van der Waals surface area contributed by atoms with Crippen molar-refractivity contribution in [1.29, 1.82) is 0 Å². The highest BCUT2D eigenvalue weighted by atomic mass is 16.2. The predicted octanol–water partition coefficient (Wildman–Crippen LogP) is 1.50. The molecule has 1 atom stereocenters. The van der Waals surface area contributed by atoms with Crippen molar-refractivity contribution >= 4 is 5.91 Å². The van der Waals surface area contributed by atoms with E-state index >= 15 is 0 Å². The Labute approximate surface area is 114 Å². The molecule has 0 aliphatic carbocycles. The van der Waals surface area contributed by atoms with Gasteiger partial charge in [-0.2, -0.15) is 0 Å². The summed E-state index contributed by atoms with van der Waals surface area (Å²) in [6.45, 7) is 4.50. The minimum absolute atomic E-state index is 0.252. The van der Waals surface area contributed by atoms with Gasteiger partial charge in [0.05, 0.1) is 5.54 Å². The molecule has 4 heteroatoms. The Balaban J connectivity index is 1.75. The van der Waals surface area contributed by atoms with Gasteiger partial charge in [-0.15, -0.1) is 0 Å². The molecule has 1 saturated heterocycles. The molecule has 19 heavy (non-hydrogen) atoms. The normalized spacial score (nSPS) is 26.9. The lowest BCUT2D eigenvalue weighted by molar-refractivity contribution is -0.139. The molecular formula is C15H21N3O. The van der Waals surface area contributed by atoms with Crippen LogP contribution < -0.4 is 5.32 Å². The molecule has 1 N–H and O–H groups in total. The molecule has 1 unspecified atom stereocenters. The van der Waals surface area contributed by atoms with Crippen LogP contribution in [-0.4, -0.2) is 34.4 Å². The Morgan fingerprint density at radius 3 is 3.16 bits per heavy atom. The first kappa shape index (κ1) is 12.6. The molecule has 0 spiro atoms. The molecule has 0 bridgehead atoms. The number of nitrogens with one attached hydrogen (secondary N) is 1. The number of carbonyl (C=O) groups excluding carboxylic acids is 1. The van der Waals surface area contributed by atoms with Crippen molar-refractivity contribution in [2.75, 3.05) is 13.1 Å². The Morgan fingerprint density at radius 2 is 2.37 bits per heavy atom. The van der Waals surface area contributed by atoms with E-state index in [0.29, 0.717) is 6.54 Å². The van der Waals surface area contributed by atoms with Crippen molar-refractivity contribution in [2.45, 2.75) is 44.7 Å². The van der Waals surface area contributed by atoms with Crippen molar-refractivity contribution in [1.82, 2.24) is 15.2 Å². The fourth-order valence-electron chi connectivity index (χ4n) is 3.13. The molecule has 3 rings (SSSR count). The number of nitrogens with zero attached hydrogens (tertiary/aromatic N) is 2. The highest BCUT2D eigenvalue weighted by Crippen LogP contribution is 2.24. The molecular weight excluding hydrogens is 238 g/mol. The van der Waals surface area contributed by atoms with Gasteiger partial charge in [-0.25, -0.2) is 0 Å². The van der Waals surface area contributed by atoms with Crippen molar-refractivity contribution in [3.05, 3.63) is 29.6 Å². The van der Waals surface area contributed by atoms with Gasteiger partial charge < -0.3 is 10.2 Å². The Hall–Kier alpha value is -1.42. The number of hydrogen-bond acceptors (Lipinski definition) is 3. The average Bonchev–Trinajstić information content (AvgIpc) is 2.47. The minimum Gasteiger partial charge on any atom is -0.336 e. The Morgan fingerprint density at radius 1 is 1.47 bits per heavy atom. The monoisotopic (exact) mass is 259 g/mol. The van der Waals surface area contributed by atoms with Crippen LogP contribution in [0.5, 0.6) is 0 Å². The highest BCUT2D eigenvalue weighted by molar-refractivity contribution is 5.86. The Kier molecular flexibility index (Phi) is 3.27. The molecule has 102 valence electrons. The van der Waals surface area contributed by atoms with Gasteiger partial charge in [-0.05, 0) is 44.4 Å². The van der Waals surface area contributed by atoms with Crippen LogP contribution in [0.3, 0.4) is 0 Å². The van der Waals surface area contributed by atoms with Gasteiger partial charge in [0.2, 0.25) is 5.91 Å². The largest absolute Gasteiger partial charge is 0.336 e. The van der Waals surface area contributed by atoms with E-state index in [0.717, 1.165) is 38.0 Å². The van der Waals surface area contributed by atoms with Crippen LogP contribution in [0.25, 0.3) is 0 Å². The van der Waals surface area contributed by atoms with E-state index in [2.05, 4.69) is 16.4 Å². The summed E-state index contributed by atoms with van der Waals surface area (Å²) < 4.78 is 0. The molecule has 3 heterocycles. The lowest BCUT2D eigenvalue weighted by atomic mass is 9.88. The van der Waals surface area contributed by atoms with E-state index in [1.165, 1.54) is 12.0 Å². The van der Waals surface area contributed by atoms with Crippen LogP contribution in [0.4, 0.5) is 0 Å². The van der Waals surface area contributed by atoms with Crippen molar-refractivity contribution in [3.8, 4) is 0 Å². The van der Waals surface area contributed by atoms with E-state index in [1.54, 1.807) is 0 Å². The standard InChI is InChI=1S/C15H21N3O/c1-15(7-2-3-9-17-15)14(19)18-10-6-13-12(11-18)5-4-8-16-13/h4-5,8,17H,2-3,6-7,9-11H2,1H3. The summed E-state index contributed by atoms with van der Waals surface area (Å²) in [5.74, 6) is 0.252. The number of fused-ring (bicyclic) bond motifs is 1. The number of aromatic nitrogens is 1. The minimum atomic E-state index is -0.363. The van der Waals surface area contributed by atoms with E-state index in [-0.39, 0.29) is 11.4 Å². The molecule has 2 aliphatic rings. The van der Waals surface area contributed by atoms with Crippen molar-refractivity contribution < 1.29 is 4.79 Å². The second-order valence-corrected chi connectivity index (χ2v) is 5.80. The number of hydrogen-bond donors (Lipinski definition) is 1. The van der Waals surface area contributed by atoms with Gasteiger partial charge in [0, 0.05) is 31.4 Å². The molecule has 0 radical (unpaired) electrons. The molecule has 0 aromatic carbocycles. The van der Waals surface area contributed by atoms with Crippen LogP contribution in [0.2, 0.25) is 0 Å². The van der Waals surface area contributed by atoms with E-state index < -0.39 is 0 Å². The number of amides is 1. The van der Waals surface area contributed by atoms with E-state index in [4.69, 9.17) is 0 Å². The second-order valence-electron chi connectivity index (χ2n) is 5.80. The van der Waals surface area contributed by atoms with Crippen LogP contribution in [0.1, 0.15) is 37.4 Å². The third-order valence-corrected chi connectivity index (χ3v) is 4.34. The maximum absolute atomic E-state index is 12.7. The van der Waals surface area contributed by atoms with Gasteiger partial charge >= 0.3 is 0 Å². The van der Waals surface area contributed by atoms with Crippen LogP contribution in [0.15, 0.2) is 18.3 Å². The quantitative estimate of drug-likeness (QED) is 0.831. The maximum Gasteiger partial charge on any atom is 0.242 e. The van der Waals surface area contributed by atoms with Crippen molar-refractivity contribution in [3.63, 3.8) is 0 Å². The number of rotatable bonds is 1. The first-order chi connectivity index (χ1) is 9.19. The summed E-state index contributed by atoms with van der Waals surface area (Å²) in [7, 11) is 0. The number of piperidine rings is 1. The van der Waals surface area contributed by atoms with Gasteiger partial charge in [0.15, 0.2) is 0 Å². The topological polar surface area (TPSA) is 45.2 Å². The van der Waals surface area contributed by atoms with Gasteiger partial charge in [-0.1, -0.05) is 6.07 Å². The van der Waals surface area contributed by atoms with Crippen LogP contribution >= 0.6 is 0 Å². The van der Waals surface area contributed by atoms with Gasteiger partial charge in [0.1, 0.15) is 0 Å². The molecule has 1 amide bonds. The Bertz CT molecular complexity index is 480. The third kappa shape index (κ3) is 2.37. The van der Waals surface area contributed by atoms with Crippen LogP contribution in [0, 0.1) is 0 Å². The first-order valence-corrected chi connectivity index (χ1v) is 7.16. The second kappa shape index (κ2) is 4.93. The summed E-state index contributed by atoms with van der Waals surface area (Å²) in [6.07, 6.45) is 5.97. The molecule has 1 fully saturated rings. The lowest BCUT2D eigenvalue weighted by Crippen LogP contribution is -2.58. The zero-order valence-electron chi connectivity index (χ0n) is 11.5. The summed E-state index contributed by atoms with van der Waals surface area (Å²) in [4.78, 5) is 19.1. The van der Waals surface area contributed by atoms with Crippen LogP contribution in [-0.2, 0) is 17.8 Å². The highest BCUT2D eigenvalue weighted by Gasteiger charge is 2.38. The van der Waals surface area contributed by atoms with Crippen molar-refractivity contribution in [2.24, 2.45) is 0 Å². The summed E-state index contributed by atoms with van der Waals surface area (Å²) in [6, 6.07) is 4.03. The number of carbonyl (C=O) groups is 1. The number of pyridine rings is 1. The fourth-order valence-corrected chi connectivity index (χ4v) is 3.13. The predicted molar refractivity (Wildman–Crippen MR) is 73.6 cm³/mol. The molecule has 1 aromatic rings. The zero-order chi connectivity index (χ0) is 13.3. The van der Waals surface area contributed by atoms with E-state index in [9.17, 15) is 4.79 Å². The van der Waals surface area contributed by atoms with E-state index in [1.807, 2.05) is 24.1 Å². The maximum atomic E-state index is 12.7. The average molecular weight is 259 g/mol. The first-order valence-electron chi connectivity index (χ1n) is 7.16. The summed E-state index contributed by atoms with van der Waals surface area (Å²) >= 11 is 0. The zero-order valence-corrected chi connectivity index (χ0v) is 11.5. The third-order valence-electron chi connectivity index (χ3n) is 4.34. The lowest BCUT2D eigenvalue weighted by Gasteiger charge is -2.39. The molecule has 0 saturated carbocycles. The fraction of sp³-hybridized carbons (Fsp3) is 0.600. The molecule has 4 nitrogen and oxygen atoms in total.